The molecule has 0 aliphatic heterocycles. The minimum absolute atomic E-state index is 0.0883. The van der Waals surface area contributed by atoms with E-state index in [0.29, 0.717) is 0 Å². The van der Waals surface area contributed by atoms with Gasteiger partial charge in [0, 0.05) is 39.6 Å². The zero-order chi connectivity index (χ0) is 15.7. The van der Waals surface area contributed by atoms with Gasteiger partial charge in [-0.05, 0) is 42.8 Å². The summed E-state index contributed by atoms with van der Waals surface area (Å²) in [7, 11) is 0. The lowest BCUT2D eigenvalue weighted by Crippen LogP contribution is -1.96. The summed E-state index contributed by atoms with van der Waals surface area (Å²) >= 11 is 3.46. The van der Waals surface area contributed by atoms with Crippen molar-refractivity contribution in [3.8, 4) is 0 Å². The predicted molar refractivity (Wildman–Crippen MR) is 90.6 cm³/mol. The largest absolute Gasteiger partial charge is 0.355 e. The second-order valence-corrected chi connectivity index (χ2v) is 5.82. The number of benzene rings is 2. The fourth-order valence-corrected chi connectivity index (χ4v) is 2.64. The van der Waals surface area contributed by atoms with E-state index >= 15 is 0 Å². The Hall–Kier alpha value is -2.47. The first kappa shape index (κ1) is 14.5. The standard InChI is InChI=1S/C16H12BrN3O2/c1-10-8-12(20(21)22)3-5-14(10)19-16-6-7-18-15-4-2-11(17)9-13(15)16/h2-9H,1H3,(H,18,19). The Kier molecular flexibility index (Phi) is 3.77. The van der Waals surface area contributed by atoms with E-state index in [1.807, 2.05) is 31.2 Å². The number of nitro benzene ring substituents is 1. The van der Waals surface area contributed by atoms with Crippen LogP contribution in [0.4, 0.5) is 17.1 Å². The van der Waals surface area contributed by atoms with Crippen molar-refractivity contribution < 1.29 is 4.92 Å². The van der Waals surface area contributed by atoms with Gasteiger partial charge < -0.3 is 5.32 Å². The highest BCUT2D eigenvalue weighted by Gasteiger charge is 2.09. The molecule has 22 heavy (non-hydrogen) atoms. The van der Waals surface area contributed by atoms with Crippen LogP contribution in [0.3, 0.4) is 0 Å². The molecule has 0 bridgehead atoms. The van der Waals surface area contributed by atoms with Crippen LogP contribution in [0, 0.1) is 17.0 Å². The molecule has 6 heteroatoms. The van der Waals surface area contributed by atoms with Crippen LogP contribution in [0.15, 0.2) is 53.1 Å². The van der Waals surface area contributed by atoms with Crippen molar-refractivity contribution in [3.63, 3.8) is 0 Å². The van der Waals surface area contributed by atoms with Crippen molar-refractivity contribution in [3.05, 3.63) is 68.8 Å². The Morgan fingerprint density at radius 1 is 1.14 bits per heavy atom. The maximum absolute atomic E-state index is 10.8. The molecule has 3 rings (SSSR count). The van der Waals surface area contributed by atoms with Gasteiger partial charge in [0.15, 0.2) is 0 Å². The average Bonchev–Trinajstić information content (AvgIpc) is 2.49. The number of nitrogens with zero attached hydrogens (tertiary/aromatic N) is 2. The highest BCUT2D eigenvalue weighted by molar-refractivity contribution is 9.10. The topological polar surface area (TPSA) is 68.1 Å². The van der Waals surface area contributed by atoms with Crippen LogP contribution >= 0.6 is 15.9 Å². The molecule has 1 aromatic heterocycles. The van der Waals surface area contributed by atoms with E-state index in [4.69, 9.17) is 0 Å². The third-order valence-corrected chi connectivity index (χ3v) is 3.89. The summed E-state index contributed by atoms with van der Waals surface area (Å²) in [5.41, 5.74) is 3.52. The number of nitro groups is 1. The third kappa shape index (κ3) is 2.78. The molecule has 0 saturated heterocycles. The first-order valence-corrected chi connectivity index (χ1v) is 7.40. The average molecular weight is 358 g/mol. The summed E-state index contributed by atoms with van der Waals surface area (Å²) in [6.45, 7) is 1.84. The van der Waals surface area contributed by atoms with E-state index in [1.165, 1.54) is 6.07 Å². The Morgan fingerprint density at radius 2 is 1.95 bits per heavy atom. The van der Waals surface area contributed by atoms with Gasteiger partial charge in [-0.15, -0.1) is 0 Å². The molecule has 5 nitrogen and oxygen atoms in total. The summed E-state index contributed by atoms with van der Waals surface area (Å²) in [6, 6.07) is 12.5. The number of anilines is 2. The zero-order valence-corrected chi connectivity index (χ0v) is 13.3. The fourth-order valence-electron chi connectivity index (χ4n) is 2.27. The number of aryl methyl sites for hydroxylation is 1. The Balaban J connectivity index is 2.03. The molecular weight excluding hydrogens is 346 g/mol. The van der Waals surface area contributed by atoms with Crippen molar-refractivity contribution in [2.24, 2.45) is 0 Å². The second-order valence-electron chi connectivity index (χ2n) is 4.90. The summed E-state index contributed by atoms with van der Waals surface area (Å²) < 4.78 is 0.969. The van der Waals surface area contributed by atoms with E-state index in [9.17, 15) is 10.1 Å². The highest BCUT2D eigenvalue weighted by atomic mass is 79.9. The predicted octanol–water partition coefficient (Wildman–Crippen LogP) is 4.96. The lowest BCUT2D eigenvalue weighted by Gasteiger charge is -2.12. The molecular formula is C16H12BrN3O2. The van der Waals surface area contributed by atoms with Gasteiger partial charge in [0.05, 0.1) is 10.4 Å². The summed E-state index contributed by atoms with van der Waals surface area (Å²) in [5, 5.41) is 15.1. The molecule has 0 unspecified atom stereocenters. The van der Waals surface area contributed by atoms with Crippen LogP contribution in [0.1, 0.15) is 5.56 Å². The number of hydrogen-bond donors (Lipinski definition) is 1. The number of non-ortho nitro benzene ring substituents is 1. The fraction of sp³-hybridized carbons (Fsp3) is 0.0625. The molecule has 0 atom stereocenters. The quantitative estimate of drug-likeness (QED) is 0.531. The highest BCUT2D eigenvalue weighted by Crippen LogP contribution is 2.30. The molecule has 0 spiro atoms. The SMILES string of the molecule is Cc1cc([N+](=O)[O-])ccc1Nc1ccnc2ccc(Br)cc12. The van der Waals surface area contributed by atoms with E-state index in [2.05, 4.69) is 26.2 Å². The van der Waals surface area contributed by atoms with Crippen LogP contribution in [0.5, 0.6) is 0 Å². The number of hydrogen-bond acceptors (Lipinski definition) is 4. The van der Waals surface area contributed by atoms with E-state index < -0.39 is 4.92 Å². The zero-order valence-electron chi connectivity index (χ0n) is 11.7. The Bertz CT molecular complexity index is 880. The van der Waals surface area contributed by atoms with E-state index in [-0.39, 0.29) is 5.69 Å². The summed E-state index contributed by atoms with van der Waals surface area (Å²) in [4.78, 5) is 14.7. The van der Waals surface area contributed by atoms with E-state index in [1.54, 1.807) is 18.3 Å². The normalized spacial score (nSPS) is 10.6. The van der Waals surface area contributed by atoms with Gasteiger partial charge in [0.2, 0.25) is 0 Å². The lowest BCUT2D eigenvalue weighted by atomic mass is 10.1. The molecule has 0 fully saturated rings. The molecule has 1 N–H and O–H groups in total. The van der Waals surface area contributed by atoms with Gasteiger partial charge in [-0.2, -0.15) is 0 Å². The molecule has 1 heterocycles. The van der Waals surface area contributed by atoms with Gasteiger partial charge in [0.1, 0.15) is 0 Å². The van der Waals surface area contributed by atoms with Gasteiger partial charge in [0.25, 0.3) is 5.69 Å². The van der Waals surface area contributed by atoms with Crippen molar-refractivity contribution in [2.45, 2.75) is 6.92 Å². The number of nitrogens with one attached hydrogen (secondary N) is 1. The first-order valence-electron chi connectivity index (χ1n) is 6.61. The van der Waals surface area contributed by atoms with Crippen molar-refractivity contribution >= 4 is 43.9 Å². The molecule has 2 aromatic carbocycles. The van der Waals surface area contributed by atoms with Gasteiger partial charge >= 0.3 is 0 Å². The maximum Gasteiger partial charge on any atom is 0.269 e. The minimum Gasteiger partial charge on any atom is -0.355 e. The van der Waals surface area contributed by atoms with E-state index in [0.717, 1.165) is 32.3 Å². The van der Waals surface area contributed by atoms with Crippen LogP contribution in [0.25, 0.3) is 10.9 Å². The van der Waals surface area contributed by atoms with Gasteiger partial charge in [-0.1, -0.05) is 15.9 Å². The first-order chi connectivity index (χ1) is 10.5. The van der Waals surface area contributed by atoms with Crippen LogP contribution < -0.4 is 5.32 Å². The Labute approximate surface area is 135 Å². The number of halogens is 1. The molecule has 0 aliphatic carbocycles. The van der Waals surface area contributed by atoms with Crippen molar-refractivity contribution in [1.29, 1.82) is 0 Å². The second kappa shape index (κ2) is 5.73. The third-order valence-electron chi connectivity index (χ3n) is 3.39. The molecule has 0 amide bonds. The van der Waals surface area contributed by atoms with Gasteiger partial charge in [-0.3, -0.25) is 15.1 Å². The monoisotopic (exact) mass is 357 g/mol. The van der Waals surface area contributed by atoms with Crippen molar-refractivity contribution in [1.82, 2.24) is 4.98 Å². The number of pyridine rings is 1. The lowest BCUT2D eigenvalue weighted by molar-refractivity contribution is -0.384. The molecule has 3 aromatic rings. The van der Waals surface area contributed by atoms with Crippen molar-refractivity contribution in [2.75, 3.05) is 5.32 Å². The number of fused-ring (bicyclic) bond motifs is 1. The maximum atomic E-state index is 10.8. The number of rotatable bonds is 3. The summed E-state index contributed by atoms with van der Waals surface area (Å²) in [5.74, 6) is 0. The molecule has 0 aliphatic rings. The van der Waals surface area contributed by atoms with Crippen LogP contribution in [-0.2, 0) is 0 Å². The minimum atomic E-state index is -0.393. The van der Waals surface area contributed by atoms with Gasteiger partial charge in [-0.25, -0.2) is 0 Å². The van der Waals surface area contributed by atoms with Crippen LogP contribution in [-0.4, -0.2) is 9.91 Å². The smallest absolute Gasteiger partial charge is 0.269 e. The Morgan fingerprint density at radius 3 is 2.68 bits per heavy atom. The molecule has 0 radical (unpaired) electrons. The molecule has 0 saturated carbocycles. The molecule has 110 valence electrons. The van der Waals surface area contributed by atoms with Crippen LogP contribution in [0.2, 0.25) is 0 Å². The number of aromatic nitrogens is 1. The summed E-state index contributed by atoms with van der Waals surface area (Å²) in [6.07, 6.45) is 1.74.